The minimum Gasteiger partial charge on any atom is -0.381 e. The average molecular weight is 409 g/mol. The Morgan fingerprint density at radius 3 is 3.08 bits per heavy atom. The van der Waals surface area contributed by atoms with E-state index in [9.17, 15) is 4.79 Å². The normalized spacial score (nSPS) is 16.9. The number of nitrogens with one attached hydrogen (secondary N) is 1. The van der Waals surface area contributed by atoms with Gasteiger partial charge in [0.05, 0.1) is 25.3 Å². The molecular weight excluding hydrogens is 388 g/mol. The number of hydrogen-bond donors (Lipinski definition) is 1. The summed E-state index contributed by atoms with van der Waals surface area (Å²) in [5.41, 5.74) is 1.69. The second-order valence-electron chi connectivity index (χ2n) is 6.12. The van der Waals surface area contributed by atoms with E-state index in [2.05, 4.69) is 26.4 Å². The van der Waals surface area contributed by atoms with Gasteiger partial charge in [-0.25, -0.2) is 0 Å². The summed E-state index contributed by atoms with van der Waals surface area (Å²) in [5, 5.41) is 6.84. The van der Waals surface area contributed by atoms with Gasteiger partial charge in [0.2, 0.25) is 5.91 Å². The van der Waals surface area contributed by atoms with Gasteiger partial charge in [0.15, 0.2) is 5.76 Å². The van der Waals surface area contributed by atoms with Crippen molar-refractivity contribution in [1.82, 2.24) is 10.5 Å². The van der Waals surface area contributed by atoms with Gasteiger partial charge in [0.1, 0.15) is 6.61 Å². The zero-order chi connectivity index (χ0) is 17.5. The molecule has 0 aliphatic carbocycles. The molecule has 6 nitrogen and oxygen atoms in total. The Labute approximate surface area is 155 Å². The Morgan fingerprint density at radius 1 is 1.36 bits per heavy atom. The van der Waals surface area contributed by atoms with Crippen LogP contribution >= 0.6 is 15.9 Å². The highest BCUT2D eigenvalue weighted by Gasteiger charge is 2.17. The average Bonchev–Trinajstić information content (AvgIpc) is 3.25. The van der Waals surface area contributed by atoms with Crippen LogP contribution in [0.15, 0.2) is 39.3 Å². The predicted molar refractivity (Wildman–Crippen MR) is 94.8 cm³/mol. The number of halogens is 1. The number of ether oxygens (including phenoxy) is 2. The first-order chi connectivity index (χ1) is 12.2. The van der Waals surface area contributed by atoms with E-state index in [0.717, 1.165) is 29.7 Å². The highest BCUT2D eigenvalue weighted by atomic mass is 79.9. The van der Waals surface area contributed by atoms with Gasteiger partial charge in [-0.3, -0.25) is 4.79 Å². The summed E-state index contributed by atoms with van der Waals surface area (Å²) in [4.78, 5) is 11.9. The monoisotopic (exact) mass is 408 g/mol. The molecule has 0 saturated carbocycles. The van der Waals surface area contributed by atoms with Crippen LogP contribution in [0.25, 0.3) is 0 Å². The zero-order valence-corrected chi connectivity index (χ0v) is 15.5. The molecule has 7 heteroatoms. The standard InChI is InChI=1S/C18H21BrN2O4/c19-15-3-1-2-13(6-15)10-24-12-17-7-16(21-25-17)8-18(22)20-9-14-4-5-23-11-14/h1-3,6-7,14H,4-5,8-12H2,(H,20,22). The molecule has 1 unspecified atom stereocenters. The number of rotatable bonds is 8. The summed E-state index contributed by atoms with van der Waals surface area (Å²) in [6, 6.07) is 9.70. The van der Waals surface area contributed by atoms with Crippen LogP contribution in [0, 0.1) is 5.92 Å². The molecule has 134 valence electrons. The van der Waals surface area contributed by atoms with Gasteiger partial charge in [0, 0.05) is 29.6 Å². The molecule has 1 aromatic heterocycles. The second kappa shape index (κ2) is 9.12. The number of carbonyl (C=O) groups is 1. The molecule has 0 radical (unpaired) electrons. The van der Waals surface area contributed by atoms with E-state index in [-0.39, 0.29) is 12.3 Å². The maximum Gasteiger partial charge on any atom is 0.226 e. The van der Waals surface area contributed by atoms with Crippen molar-refractivity contribution in [2.45, 2.75) is 26.1 Å². The van der Waals surface area contributed by atoms with Crippen LogP contribution in [-0.4, -0.2) is 30.8 Å². The molecule has 25 heavy (non-hydrogen) atoms. The summed E-state index contributed by atoms with van der Waals surface area (Å²) < 4.78 is 17.2. The number of nitrogens with zero attached hydrogens (tertiary/aromatic N) is 1. The molecule has 1 atom stereocenters. The number of hydrogen-bond acceptors (Lipinski definition) is 5. The van der Waals surface area contributed by atoms with E-state index < -0.39 is 0 Å². The van der Waals surface area contributed by atoms with Crippen LogP contribution in [0.1, 0.15) is 23.4 Å². The van der Waals surface area contributed by atoms with E-state index in [0.29, 0.717) is 37.1 Å². The summed E-state index contributed by atoms with van der Waals surface area (Å²) in [6.07, 6.45) is 1.21. The van der Waals surface area contributed by atoms with Crippen molar-refractivity contribution in [3.05, 3.63) is 51.8 Å². The highest BCUT2D eigenvalue weighted by molar-refractivity contribution is 9.10. The van der Waals surface area contributed by atoms with Crippen molar-refractivity contribution in [2.75, 3.05) is 19.8 Å². The molecule has 1 aliphatic heterocycles. The van der Waals surface area contributed by atoms with Crippen molar-refractivity contribution in [3.63, 3.8) is 0 Å². The molecule has 3 rings (SSSR count). The molecule has 1 aliphatic rings. The molecule has 0 spiro atoms. The molecule has 1 saturated heterocycles. The summed E-state index contributed by atoms with van der Waals surface area (Å²) in [6.45, 7) is 2.97. The van der Waals surface area contributed by atoms with Crippen molar-refractivity contribution in [3.8, 4) is 0 Å². The molecule has 1 N–H and O–H groups in total. The fraction of sp³-hybridized carbons (Fsp3) is 0.444. The van der Waals surface area contributed by atoms with E-state index in [4.69, 9.17) is 14.0 Å². The molecular formula is C18H21BrN2O4. The SMILES string of the molecule is O=C(Cc1cc(COCc2cccc(Br)c2)on1)NCC1CCOC1. The molecule has 2 heterocycles. The van der Waals surface area contributed by atoms with Gasteiger partial charge in [-0.15, -0.1) is 0 Å². The van der Waals surface area contributed by atoms with E-state index in [1.165, 1.54) is 0 Å². The van der Waals surface area contributed by atoms with Crippen LogP contribution in [0.5, 0.6) is 0 Å². The van der Waals surface area contributed by atoms with Crippen LogP contribution in [0.3, 0.4) is 0 Å². The smallest absolute Gasteiger partial charge is 0.226 e. The Bertz CT molecular complexity index is 698. The Hall–Kier alpha value is -1.70. The van der Waals surface area contributed by atoms with Crippen molar-refractivity contribution in [2.24, 2.45) is 5.92 Å². The quantitative estimate of drug-likeness (QED) is 0.726. The van der Waals surface area contributed by atoms with E-state index >= 15 is 0 Å². The minimum atomic E-state index is -0.0539. The number of aromatic nitrogens is 1. The van der Waals surface area contributed by atoms with Gasteiger partial charge in [0.25, 0.3) is 0 Å². The number of benzene rings is 1. The lowest BCUT2D eigenvalue weighted by Crippen LogP contribution is -2.30. The minimum absolute atomic E-state index is 0.0539. The Balaban J connectivity index is 1.38. The molecule has 2 aromatic rings. The predicted octanol–water partition coefficient (Wildman–Crippen LogP) is 2.85. The first-order valence-electron chi connectivity index (χ1n) is 8.30. The maximum absolute atomic E-state index is 11.9. The van der Waals surface area contributed by atoms with E-state index in [1.54, 1.807) is 6.07 Å². The zero-order valence-electron chi connectivity index (χ0n) is 13.9. The summed E-state index contributed by atoms with van der Waals surface area (Å²) in [7, 11) is 0. The highest BCUT2D eigenvalue weighted by Crippen LogP contribution is 2.14. The van der Waals surface area contributed by atoms with Crippen molar-refractivity contribution < 1.29 is 18.8 Å². The van der Waals surface area contributed by atoms with Crippen LogP contribution < -0.4 is 5.32 Å². The lowest BCUT2D eigenvalue weighted by molar-refractivity contribution is -0.120. The van der Waals surface area contributed by atoms with Crippen LogP contribution in [0.4, 0.5) is 0 Å². The molecule has 1 aromatic carbocycles. The molecule has 1 fully saturated rings. The van der Waals surface area contributed by atoms with Crippen molar-refractivity contribution in [1.29, 1.82) is 0 Å². The van der Waals surface area contributed by atoms with Crippen molar-refractivity contribution >= 4 is 21.8 Å². The Morgan fingerprint density at radius 2 is 2.28 bits per heavy atom. The third-order valence-corrected chi connectivity index (χ3v) is 4.46. The first kappa shape index (κ1) is 18.1. The largest absolute Gasteiger partial charge is 0.381 e. The third kappa shape index (κ3) is 5.95. The lowest BCUT2D eigenvalue weighted by Gasteiger charge is -2.08. The fourth-order valence-electron chi connectivity index (χ4n) is 2.63. The maximum atomic E-state index is 11.9. The first-order valence-corrected chi connectivity index (χ1v) is 9.09. The van der Waals surface area contributed by atoms with Crippen LogP contribution in [0.2, 0.25) is 0 Å². The van der Waals surface area contributed by atoms with Gasteiger partial charge in [-0.2, -0.15) is 0 Å². The van der Waals surface area contributed by atoms with Gasteiger partial charge < -0.3 is 19.3 Å². The fourth-order valence-corrected chi connectivity index (χ4v) is 3.08. The van der Waals surface area contributed by atoms with E-state index in [1.807, 2.05) is 24.3 Å². The molecule has 0 bridgehead atoms. The summed E-state index contributed by atoms with van der Waals surface area (Å²) in [5.74, 6) is 0.979. The van der Waals surface area contributed by atoms with Gasteiger partial charge in [-0.05, 0) is 24.1 Å². The van der Waals surface area contributed by atoms with Gasteiger partial charge >= 0.3 is 0 Å². The van der Waals surface area contributed by atoms with Crippen LogP contribution in [-0.2, 0) is 33.9 Å². The second-order valence-corrected chi connectivity index (χ2v) is 7.03. The van der Waals surface area contributed by atoms with Gasteiger partial charge in [-0.1, -0.05) is 33.2 Å². The lowest BCUT2D eigenvalue weighted by atomic mass is 10.1. The summed E-state index contributed by atoms with van der Waals surface area (Å²) >= 11 is 3.43. The third-order valence-electron chi connectivity index (χ3n) is 3.96. The Kier molecular flexibility index (Phi) is 6.61. The number of amides is 1. The topological polar surface area (TPSA) is 73.6 Å². The number of carbonyl (C=O) groups excluding carboxylic acids is 1. The molecule has 1 amide bonds.